The second-order valence-electron chi connectivity index (χ2n) is 8.54. The van der Waals surface area contributed by atoms with E-state index in [0.717, 1.165) is 16.5 Å². The number of hydrogen-bond acceptors (Lipinski definition) is 8. The Bertz CT molecular complexity index is 1430. The molecule has 3 N–H and O–H groups in total. The van der Waals surface area contributed by atoms with Gasteiger partial charge in [0.2, 0.25) is 0 Å². The molecule has 0 saturated carbocycles. The summed E-state index contributed by atoms with van der Waals surface area (Å²) in [5.74, 6) is -1.12. The highest BCUT2D eigenvalue weighted by atomic mass is 16.6. The lowest BCUT2D eigenvalue weighted by Crippen LogP contribution is -2.45. The maximum Gasteiger partial charge on any atom is 0.343 e. The molecule has 4 heterocycles. The largest absolute Gasteiger partial charge is 0.466 e. The number of rotatable bonds is 5. The quantitative estimate of drug-likeness (QED) is 0.430. The Kier molecular flexibility index (Phi) is 5.16. The molecule has 1 atom stereocenters. The molecule has 0 fully saturated rings. The van der Waals surface area contributed by atoms with E-state index in [9.17, 15) is 19.5 Å². The minimum atomic E-state index is -2.00. The Morgan fingerprint density at radius 1 is 1.26 bits per heavy atom. The number of esters is 2. The maximum atomic E-state index is 13.5. The first-order valence-corrected chi connectivity index (χ1v) is 11.3. The first kappa shape index (κ1) is 22.1. The van der Waals surface area contributed by atoms with Gasteiger partial charge in [0, 0.05) is 22.9 Å². The number of aromatic nitrogens is 2. The van der Waals surface area contributed by atoms with Crippen molar-refractivity contribution in [3.63, 3.8) is 0 Å². The van der Waals surface area contributed by atoms with Crippen LogP contribution in [0.3, 0.4) is 0 Å². The molecular weight excluding hydrogens is 438 g/mol. The minimum Gasteiger partial charge on any atom is -0.466 e. The molecule has 0 saturated heterocycles. The summed E-state index contributed by atoms with van der Waals surface area (Å²) in [5.41, 5.74) is 7.91. The molecule has 2 aromatic heterocycles. The fourth-order valence-electron chi connectivity index (χ4n) is 5.08. The number of fused-ring (bicyclic) bond motifs is 5. The molecule has 1 unspecified atom stereocenters. The number of ether oxygens (including phenoxy) is 2. The Morgan fingerprint density at radius 3 is 2.76 bits per heavy atom. The van der Waals surface area contributed by atoms with Gasteiger partial charge in [0.15, 0.2) is 5.60 Å². The summed E-state index contributed by atoms with van der Waals surface area (Å²) in [7, 11) is 0. The van der Waals surface area contributed by atoms with E-state index >= 15 is 0 Å². The van der Waals surface area contributed by atoms with E-state index in [1.807, 2.05) is 24.3 Å². The molecule has 0 spiro atoms. The molecule has 1 aromatic carbocycles. The number of hydrogen-bond donors (Lipinski definition) is 2. The van der Waals surface area contributed by atoms with Crippen LogP contribution in [0, 0.1) is 0 Å². The average Bonchev–Trinajstić information content (AvgIpc) is 3.22. The van der Waals surface area contributed by atoms with Gasteiger partial charge >= 0.3 is 11.9 Å². The Morgan fingerprint density at radius 2 is 2.03 bits per heavy atom. The molecule has 9 heteroatoms. The van der Waals surface area contributed by atoms with Crippen LogP contribution < -0.4 is 11.3 Å². The van der Waals surface area contributed by atoms with E-state index in [0.29, 0.717) is 29.9 Å². The molecule has 0 radical (unpaired) electrons. The molecule has 9 nitrogen and oxygen atoms in total. The van der Waals surface area contributed by atoms with Crippen LogP contribution in [0.5, 0.6) is 0 Å². The van der Waals surface area contributed by atoms with Crippen molar-refractivity contribution >= 4 is 28.5 Å². The zero-order valence-electron chi connectivity index (χ0n) is 19.0. The summed E-state index contributed by atoms with van der Waals surface area (Å²) in [6.45, 7) is 3.67. The van der Waals surface area contributed by atoms with Gasteiger partial charge in [0.25, 0.3) is 5.56 Å². The van der Waals surface area contributed by atoms with Crippen molar-refractivity contribution < 1.29 is 24.2 Å². The molecule has 176 valence electrons. The fraction of sp³-hybridized carbons (Fsp3) is 0.360. The van der Waals surface area contributed by atoms with Crippen LogP contribution in [-0.2, 0) is 44.2 Å². The van der Waals surface area contributed by atoms with Gasteiger partial charge in [-0.1, -0.05) is 25.1 Å². The van der Waals surface area contributed by atoms with Crippen LogP contribution in [0.1, 0.15) is 48.9 Å². The molecular formula is C25H25N3O6. The number of aliphatic hydroxyl groups is 1. The molecule has 2 aliphatic heterocycles. The van der Waals surface area contributed by atoms with E-state index in [1.165, 1.54) is 4.57 Å². The summed E-state index contributed by atoms with van der Waals surface area (Å²) < 4.78 is 11.8. The normalized spacial score (nSPS) is 18.3. The van der Waals surface area contributed by atoms with Crippen molar-refractivity contribution in [2.45, 2.75) is 51.9 Å². The average molecular weight is 463 g/mol. The topological polar surface area (TPSA) is 134 Å². The van der Waals surface area contributed by atoms with E-state index in [2.05, 4.69) is 0 Å². The van der Waals surface area contributed by atoms with Crippen LogP contribution >= 0.6 is 0 Å². The smallest absolute Gasteiger partial charge is 0.343 e. The molecule has 2 aliphatic rings. The SMILES string of the molecule is CCOC(=O)CCc1c2c(nc3ccccc13)-c1c(N)c3c(c(=O)n1C2)COC(=O)C3(O)CC. The summed E-state index contributed by atoms with van der Waals surface area (Å²) in [4.78, 5) is 42.9. The summed E-state index contributed by atoms with van der Waals surface area (Å²) in [6.07, 6.45) is 0.602. The van der Waals surface area contributed by atoms with Crippen molar-refractivity contribution in [1.29, 1.82) is 0 Å². The highest BCUT2D eigenvalue weighted by Gasteiger charge is 2.47. The van der Waals surface area contributed by atoms with Crippen molar-refractivity contribution in [3.8, 4) is 11.4 Å². The number of anilines is 1. The lowest BCUT2D eigenvalue weighted by atomic mass is 9.84. The molecule has 0 bridgehead atoms. The van der Waals surface area contributed by atoms with Crippen LogP contribution in [0.4, 0.5) is 5.69 Å². The zero-order chi connectivity index (χ0) is 24.2. The molecule has 5 rings (SSSR count). The van der Waals surface area contributed by atoms with Gasteiger partial charge in [-0.15, -0.1) is 0 Å². The van der Waals surface area contributed by atoms with Crippen LogP contribution in [0.25, 0.3) is 22.3 Å². The van der Waals surface area contributed by atoms with Gasteiger partial charge in [-0.3, -0.25) is 9.59 Å². The summed E-state index contributed by atoms with van der Waals surface area (Å²) in [5, 5.41) is 12.0. The fourth-order valence-corrected chi connectivity index (χ4v) is 5.08. The van der Waals surface area contributed by atoms with E-state index in [4.69, 9.17) is 20.2 Å². The minimum absolute atomic E-state index is 0.00865. The third kappa shape index (κ3) is 3.03. The predicted molar refractivity (Wildman–Crippen MR) is 124 cm³/mol. The van der Waals surface area contributed by atoms with Crippen molar-refractivity contribution in [3.05, 3.63) is 56.9 Å². The summed E-state index contributed by atoms with van der Waals surface area (Å²) in [6, 6.07) is 7.56. The zero-order valence-corrected chi connectivity index (χ0v) is 19.0. The summed E-state index contributed by atoms with van der Waals surface area (Å²) >= 11 is 0. The highest BCUT2D eigenvalue weighted by molar-refractivity contribution is 5.93. The number of nitrogens with zero attached hydrogens (tertiary/aromatic N) is 2. The third-order valence-corrected chi connectivity index (χ3v) is 6.75. The highest BCUT2D eigenvalue weighted by Crippen LogP contribution is 2.45. The van der Waals surface area contributed by atoms with Gasteiger partial charge in [0.05, 0.1) is 41.3 Å². The number of benzene rings is 1. The number of carbonyl (C=O) groups excluding carboxylic acids is 2. The van der Waals surface area contributed by atoms with Gasteiger partial charge in [-0.05, 0) is 31.4 Å². The second-order valence-corrected chi connectivity index (χ2v) is 8.54. The second kappa shape index (κ2) is 7.95. The van der Waals surface area contributed by atoms with E-state index in [-0.39, 0.29) is 54.3 Å². The number of cyclic esters (lactones) is 1. The lowest BCUT2D eigenvalue weighted by molar-refractivity contribution is -0.172. The monoisotopic (exact) mass is 463 g/mol. The first-order valence-electron chi connectivity index (χ1n) is 11.3. The number of carbonyl (C=O) groups is 2. The number of pyridine rings is 2. The van der Waals surface area contributed by atoms with Crippen molar-refractivity contribution in [2.75, 3.05) is 12.3 Å². The van der Waals surface area contributed by atoms with Crippen LogP contribution in [-0.4, -0.2) is 33.2 Å². The van der Waals surface area contributed by atoms with E-state index in [1.54, 1.807) is 13.8 Å². The molecule has 34 heavy (non-hydrogen) atoms. The Labute approximate surface area is 195 Å². The Balaban J connectivity index is 1.76. The van der Waals surface area contributed by atoms with E-state index < -0.39 is 11.6 Å². The standard InChI is InChI=1S/C25H25N3O6/c1-3-25(32)19-16(12-34-24(25)31)23(30)28-11-15-13(9-10-18(29)33-4-2)14-7-5-6-8-17(14)27-21(15)22(28)20(19)26/h5-8,32H,3-4,9-12,26H2,1-2H3. The number of nitrogens with two attached hydrogens (primary N) is 1. The number of para-hydroxylation sites is 1. The Hall–Kier alpha value is -3.72. The molecule has 0 amide bonds. The van der Waals surface area contributed by atoms with Gasteiger partial charge in [-0.25, -0.2) is 9.78 Å². The van der Waals surface area contributed by atoms with Crippen LogP contribution in [0.2, 0.25) is 0 Å². The maximum absolute atomic E-state index is 13.5. The van der Waals surface area contributed by atoms with Gasteiger partial charge < -0.3 is 24.9 Å². The number of aryl methyl sites for hydroxylation is 1. The van der Waals surface area contributed by atoms with Gasteiger partial charge in [0.1, 0.15) is 6.61 Å². The molecule has 0 aliphatic carbocycles. The lowest BCUT2D eigenvalue weighted by Gasteiger charge is -2.33. The van der Waals surface area contributed by atoms with Crippen LogP contribution in [0.15, 0.2) is 29.1 Å². The van der Waals surface area contributed by atoms with Crippen molar-refractivity contribution in [2.24, 2.45) is 0 Å². The van der Waals surface area contributed by atoms with Gasteiger partial charge in [-0.2, -0.15) is 0 Å². The third-order valence-electron chi connectivity index (χ3n) is 6.75. The predicted octanol–water partition coefficient (Wildman–Crippen LogP) is 2.16. The van der Waals surface area contributed by atoms with Crippen molar-refractivity contribution in [1.82, 2.24) is 9.55 Å². The first-order chi connectivity index (χ1) is 16.3. The number of nitrogen functional groups attached to an aromatic ring is 1. The molecule has 3 aromatic rings.